The average molecular weight is 415 g/mol. The van der Waals surface area contributed by atoms with Crippen LogP contribution in [-0.2, 0) is 4.79 Å². The summed E-state index contributed by atoms with van der Waals surface area (Å²) in [6.45, 7) is 8.85. The van der Waals surface area contributed by atoms with Gasteiger partial charge in [-0.05, 0) is 18.9 Å². The topological polar surface area (TPSA) is 69.9 Å². The fourth-order valence-corrected chi connectivity index (χ4v) is 5.51. The molecule has 0 bridgehead atoms. The quantitative estimate of drug-likeness (QED) is 0.838. The summed E-state index contributed by atoms with van der Waals surface area (Å²) >= 11 is 1.49. The molecular formula is C22H30N4O2S. The maximum absolute atomic E-state index is 13.2. The lowest BCUT2D eigenvalue weighted by molar-refractivity contribution is -0.136. The van der Waals surface area contributed by atoms with E-state index in [1.807, 2.05) is 47.9 Å². The van der Waals surface area contributed by atoms with Gasteiger partial charge in [0.15, 0.2) is 0 Å². The van der Waals surface area contributed by atoms with Crippen LogP contribution in [-0.4, -0.2) is 71.8 Å². The molecule has 1 aromatic heterocycles. The number of likely N-dealkylation sites (tertiary alicyclic amines) is 1. The van der Waals surface area contributed by atoms with Crippen molar-refractivity contribution in [3.05, 3.63) is 29.8 Å². The van der Waals surface area contributed by atoms with E-state index < -0.39 is 0 Å². The van der Waals surface area contributed by atoms with Crippen LogP contribution in [0, 0.1) is 5.92 Å². The number of amides is 2. The minimum absolute atomic E-state index is 0.0527. The van der Waals surface area contributed by atoms with E-state index >= 15 is 0 Å². The summed E-state index contributed by atoms with van der Waals surface area (Å²) in [5.74, 6) is 0.387. The highest BCUT2D eigenvalue weighted by atomic mass is 32.1. The number of benzene rings is 1. The van der Waals surface area contributed by atoms with Crippen molar-refractivity contribution >= 4 is 38.2 Å². The first-order valence-electron chi connectivity index (χ1n) is 10.5. The summed E-state index contributed by atoms with van der Waals surface area (Å²) in [5, 5.41) is 1.57. The second kappa shape index (κ2) is 8.32. The molecular weight excluding hydrogens is 384 g/mol. The Labute approximate surface area is 176 Å². The first-order valence-corrected chi connectivity index (χ1v) is 11.4. The number of hydrogen-bond acceptors (Lipinski definition) is 5. The largest absolute Gasteiger partial charge is 0.390 e. The molecule has 1 aromatic carbocycles. The van der Waals surface area contributed by atoms with Gasteiger partial charge in [-0.1, -0.05) is 32.0 Å². The number of fused-ring (bicyclic) bond motifs is 1. The number of nitrogens with two attached hydrogens (primary N) is 1. The van der Waals surface area contributed by atoms with Crippen LogP contribution < -0.4 is 5.73 Å². The third-order valence-corrected chi connectivity index (χ3v) is 7.22. The lowest BCUT2D eigenvalue weighted by Gasteiger charge is -2.43. The van der Waals surface area contributed by atoms with Gasteiger partial charge in [0.05, 0.1) is 10.6 Å². The molecule has 2 aliphatic rings. The first kappa shape index (κ1) is 20.2. The minimum Gasteiger partial charge on any atom is -0.390 e. The Morgan fingerprint density at radius 2 is 1.66 bits per heavy atom. The number of anilines is 1. The molecule has 29 heavy (non-hydrogen) atoms. The van der Waals surface area contributed by atoms with Crippen LogP contribution in [0.15, 0.2) is 24.3 Å². The van der Waals surface area contributed by atoms with Crippen molar-refractivity contribution < 1.29 is 9.59 Å². The van der Waals surface area contributed by atoms with Gasteiger partial charge in [0.2, 0.25) is 5.91 Å². The number of nitrogens with zero attached hydrogens (tertiary/aromatic N) is 3. The zero-order valence-corrected chi connectivity index (χ0v) is 18.1. The SMILES string of the molecule is CC(C)C(=O)N1CCC(N2CCN(C(=O)c3c(N)sc4ccccc34)CC2)CC1. The Hall–Kier alpha value is -2.12. The standard InChI is InChI=1S/C22H30N4O2S/c1-15(2)21(27)25-9-7-16(8-10-25)24-11-13-26(14-12-24)22(28)19-17-5-3-4-6-18(17)29-20(19)23/h3-6,15-16H,7-14,23H2,1-2H3. The highest BCUT2D eigenvalue weighted by Crippen LogP contribution is 2.34. The predicted octanol–water partition coefficient (Wildman–Crippen LogP) is 2.89. The van der Waals surface area contributed by atoms with E-state index in [0.717, 1.165) is 62.2 Å². The second-order valence-corrected chi connectivity index (χ2v) is 9.46. The summed E-state index contributed by atoms with van der Waals surface area (Å²) in [6, 6.07) is 8.44. The number of carbonyl (C=O) groups is 2. The van der Waals surface area contributed by atoms with Gasteiger partial charge in [-0.2, -0.15) is 0 Å². The molecule has 2 amide bonds. The fraction of sp³-hybridized carbons (Fsp3) is 0.545. The Morgan fingerprint density at radius 1 is 1.00 bits per heavy atom. The van der Waals surface area contributed by atoms with E-state index in [4.69, 9.17) is 5.73 Å². The molecule has 2 N–H and O–H groups in total. The maximum Gasteiger partial charge on any atom is 0.257 e. The van der Waals surface area contributed by atoms with Crippen molar-refractivity contribution in [2.45, 2.75) is 32.7 Å². The number of hydrogen-bond donors (Lipinski definition) is 1. The number of carbonyl (C=O) groups excluding carboxylic acids is 2. The molecule has 0 saturated carbocycles. The molecule has 2 saturated heterocycles. The summed E-state index contributed by atoms with van der Waals surface area (Å²) in [7, 11) is 0. The molecule has 2 fully saturated rings. The summed E-state index contributed by atoms with van der Waals surface area (Å²) in [4.78, 5) is 31.8. The third-order valence-electron chi connectivity index (χ3n) is 6.22. The molecule has 156 valence electrons. The van der Waals surface area contributed by atoms with E-state index in [2.05, 4.69) is 4.90 Å². The maximum atomic E-state index is 13.2. The number of rotatable bonds is 3. The van der Waals surface area contributed by atoms with E-state index in [0.29, 0.717) is 16.6 Å². The summed E-state index contributed by atoms with van der Waals surface area (Å²) < 4.78 is 1.06. The minimum atomic E-state index is 0.0527. The Morgan fingerprint density at radius 3 is 2.31 bits per heavy atom. The molecule has 2 aromatic rings. The van der Waals surface area contributed by atoms with Crippen LogP contribution in [0.1, 0.15) is 37.0 Å². The molecule has 2 aliphatic heterocycles. The Bertz CT molecular complexity index is 893. The summed E-state index contributed by atoms with van der Waals surface area (Å²) in [5.41, 5.74) is 6.86. The van der Waals surface area contributed by atoms with E-state index in [-0.39, 0.29) is 17.7 Å². The fourth-order valence-electron chi connectivity index (χ4n) is 4.55. The number of piperidine rings is 1. The van der Waals surface area contributed by atoms with Crippen molar-refractivity contribution in [2.24, 2.45) is 5.92 Å². The Kier molecular flexibility index (Phi) is 5.79. The highest BCUT2D eigenvalue weighted by Gasteiger charge is 2.31. The van der Waals surface area contributed by atoms with Crippen molar-refractivity contribution in [3.63, 3.8) is 0 Å². The van der Waals surface area contributed by atoms with Gasteiger partial charge in [-0.25, -0.2) is 0 Å². The average Bonchev–Trinajstić information content (AvgIpc) is 3.08. The normalized spacial score (nSPS) is 19.3. The van der Waals surface area contributed by atoms with Crippen LogP contribution in [0.25, 0.3) is 10.1 Å². The number of nitrogen functional groups attached to an aromatic ring is 1. The van der Waals surface area contributed by atoms with E-state index in [9.17, 15) is 9.59 Å². The van der Waals surface area contributed by atoms with Crippen molar-refractivity contribution in [1.29, 1.82) is 0 Å². The lowest BCUT2D eigenvalue weighted by Crippen LogP contribution is -2.55. The third kappa shape index (κ3) is 3.98. The highest BCUT2D eigenvalue weighted by molar-refractivity contribution is 7.23. The predicted molar refractivity (Wildman–Crippen MR) is 118 cm³/mol. The molecule has 6 nitrogen and oxygen atoms in total. The molecule has 0 radical (unpaired) electrons. The van der Waals surface area contributed by atoms with Crippen LogP contribution in [0.3, 0.4) is 0 Å². The van der Waals surface area contributed by atoms with Crippen molar-refractivity contribution in [1.82, 2.24) is 14.7 Å². The monoisotopic (exact) mass is 414 g/mol. The molecule has 0 unspecified atom stereocenters. The Balaban J connectivity index is 1.35. The molecule has 0 aliphatic carbocycles. The molecule has 0 atom stereocenters. The van der Waals surface area contributed by atoms with Crippen molar-refractivity contribution in [2.75, 3.05) is 45.0 Å². The van der Waals surface area contributed by atoms with E-state index in [1.165, 1.54) is 11.3 Å². The van der Waals surface area contributed by atoms with Crippen LogP contribution in [0.2, 0.25) is 0 Å². The zero-order valence-electron chi connectivity index (χ0n) is 17.3. The van der Waals surface area contributed by atoms with Gasteiger partial charge >= 0.3 is 0 Å². The van der Waals surface area contributed by atoms with Gasteiger partial charge < -0.3 is 15.5 Å². The van der Waals surface area contributed by atoms with Crippen LogP contribution in [0.5, 0.6) is 0 Å². The zero-order chi connectivity index (χ0) is 20.5. The van der Waals surface area contributed by atoms with Crippen LogP contribution >= 0.6 is 11.3 Å². The molecule has 7 heteroatoms. The number of thiophene rings is 1. The molecule has 4 rings (SSSR count). The van der Waals surface area contributed by atoms with Gasteiger partial charge in [-0.15, -0.1) is 11.3 Å². The smallest absolute Gasteiger partial charge is 0.257 e. The van der Waals surface area contributed by atoms with Gasteiger partial charge in [-0.3, -0.25) is 14.5 Å². The molecule has 3 heterocycles. The lowest BCUT2D eigenvalue weighted by atomic mass is 10.0. The van der Waals surface area contributed by atoms with Crippen molar-refractivity contribution in [3.8, 4) is 0 Å². The number of piperazine rings is 1. The van der Waals surface area contributed by atoms with Crippen LogP contribution in [0.4, 0.5) is 5.00 Å². The van der Waals surface area contributed by atoms with Gasteiger partial charge in [0.25, 0.3) is 5.91 Å². The second-order valence-electron chi connectivity index (χ2n) is 8.38. The van der Waals surface area contributed by atoms with Gasteiger partial charge in [0, 0.05) is 61.3 Å². The molecule has 0 spiro atoms. The van der Waals surface area contributed by atoms with E-state index in [1.54, 1.807) is 0 Å². The van der Waals surface area contributed by atoms with Gasteiger partial charge in [0.1, 0.15) is 0 Å². The first-order chi connectivity index (χ1) is 14.0. The summed E-state index contributed by atoms with van der Waals surface area (Å²) in [6.07, 6.45) is 2.04.